The van der Waals surface area contributed by atoms with Crippen molar-refractivity contribution in [2.75, 3.05) is 5.75 Å². The standard InChI is InChI=1S/C14H13FN2O2S2/c15-10-3-5-11(6-4-10)21-9-13(18)17-14(19)16-8-12-2-1-7-20-12/h1-7H,8-9H2,(H2,16,17,18,19). The van der Waals surface area contributed by atoms with Crippen LogP contribution in [0.5, 0.6) is 0 Å². The molecule has 7 heteroatoms. The lowest BCUT2D eigenvalue weighted by Crippen LogP contribution is -2.39. The van der Waals surface area contributed by atoms with E-state index in [9.17, 15) is 14.0 Å². The lowest BCUT2D eigenvalue weighted by atomic mass is 10.4. The first-order chi connectivity index (χ1) is 10.1. The summed E-state index contributed by atoms with van der Waals surface area (Å²) in [7, 11) is 0. The van der Waals surface area contributed by atoms with Crippen LogP contribution in [0, 0.1) is 5.82 Å². The average Bonchev–Trinajstić information content (AvgIpc) is 2.98. The van der Waals surface area contributed by atoms with Gasteiger partial charge in [-0.15, -0.1) is 23.1 Å². The minimum atomic E-state index is -0.520. The summed E-state index contributed by atoms with van der Waals surface area (Å²) in [5, 5.41) is 6.76. The van der Waals surface area contributed by atoms with Gasteiger partial charge in [0, 0.05) is 9.77 Å². The average molecular weight is 324 g/mol. The molecule has 0 spiro atoms. The molecule has 0 aliphatic rings. The summed E-state index contributed by atoms with van der Waals surface area (Å²) in [6.45, 7) is 0.391. The molecular weight excluding hydrogens is 311 g/mol. The summed E-state index contributed by atoms with van der Waals surface area (Å²) in [5.41, 5.74) is 0. The topological polar surface area (TPSA) is 58.2 Å². The Morgan fingerprint density at radius 1 is 1.19 bits per heavy atom. The molecule has 2 rings (SSSR count). The molecule has 3 amide bonds. The summed E-state index contributed by atoms with van der Waals surface area (Å²) in [6, 6.07) is 9.10. The van der Waals surface area contributed by atoms with Crippen LogP contribution in [-0.2, 0) is 11.3 Å². The van der Waals surface area contributed by atoms with Gasteiger partial charge in [0.15, 0.2) is 0 Å². The minimum Gasteiger partial charge on any atom is -0.333 e. The monoisotopic (exact) mass is 324 g/mol. The molecule has 4 nitrogen and oxygen atoms in total. The van der Waals surface area contributed by atoms with Crippen LogP contribution in [0.25, 0.3) is 0 Å². The molecular formula is C14H13FN2O2S2. The fourth-order valence-corrected chi connectivity index (χ4v) is 2.81. The van der Waals surface area contributed by atoms with E-state index in [-0.39, 0.29) is 11.6 Å². The molecule has 21 heavy (non-hydrogen) atoms. The number of imide groups is 1. The Morgan fingerprint density at radius 2 is 1.95 bits per heavy atom. The van der Waals surface area contributed by atoms with E-state index in [0.29, 0.717) is 6.54 Å². The first kappa shape index (κ1) is 15.5. The maximum atomic E-state index is 12.7. The van der Waals surface area contributed by atoms with Crippen LogP contribution in [0.2, 0.25) is 0 Å². The van der Waals surface area contributed by atoms with Crippen molar-refractivity contribution in [3.63, 3.8) is 0 Å². The van der Waals surface area contributed by atoms with Crippen LogP contribution in [0.15, 0.2) is 46.7 Å². The van der Waals surface area contributed by atoms with Gasteiger partial charge in [0.25, 0.3) is 0 Å². The number of thioether (sulfide) groups is 1. The third-order valence-electron chi connectivity index (χ3n) is 2.44. The van der Waals surface area contributed by atoms with Gasteiger partial charge in [-0.1, -0.05) is 6.07 Å². The van der Waals surface area contributed by atoms with Crippen LogP contribution >= 0.6 is 23.1 Å². The van der Waals surface area contributed by atoms with Gasteiger partial charge in [0.1, 0.15) is 5.82 Å². The van der Waals surface area contributed by atoms with E-state index < -0.39 is 11.9 Å². The van der Waals surface area contributed by atoms with E-state index in [2.05, 4.69) is 10.6 Å². The summed E-state index contributed by atoms with van der Waals surface area (Å²) in [4.78, 5) is 24.9. The summed E-state index contributed by atoms with van der Waals surface area (Å²) in [6.07, 6.45) is 0. The maximum absolute atomic E-state index is 12.7. The van der Waals surface area contributed by atoms with Gasteiger partial charge in [-0.05, 0) is 35.7 Å². The number of rotatable bonds is 5. The lowest BCUT2D eigenvalue weighted by Gasteiger charge is -2.05. The summed E-state index contributed by atoms with van der Waals surface area (Å²) in [5.74, 6) is -0.623. The maximum Gasteiger partial charge on any atom is 0.321 e. The quantitative estimate of drug-likeness (QED) is 0.831. The SMILES string of the molecule is O=C(CSc1ccc(F)cc1)NC(=O)NCc1cccs1. The van der Waals surface area contributed by atoms with Crippen molar-refractivity contribution in [1.29, 1.82) is 0 Å². The largest absolute Gasteiger partial charge is 0.333 e. The number of thiophene rings is 1. The fraction of sp³-hybridized carbons (Fsp3) is 0.143. The number of nitrogens with one attached hydrogen (secondary N) is 2. The molecule has 0 saturated carbocycles. The zero-order valence-electron chi connectivity index (χ0n) is 11.0. The molecule has 0 radical (unpaired) electrons. The number of hydrogen-bond donors (Lipinski definition) is 2. The zero-order valence-corrected chi connectivity index (χ0v) is 12.6. The van der Waals surface area contributed by atoms with Crippen molar-refractivity contribution in [2.45, 2.75) is 11.4 Å². The van der Waals surface area contributed by atoms with E-state index in [1.54, 1.807) is 12.1 Å². The highest BCUT2D eigenvalue weighted by Crippen LogP contribution is 2.17. The Balaban J connectivity index is 1.68. The number of carbonyl (C=O) groups excluding carboxylic acids is 2. The predicted molar refractivity (Wildman–Crippen MR) is 81.8 cm³/mol. The number of hydrogen-bond acceptors (Lipinski definition) is 4. The summed E-state index contributed by atoms with van der Waals surface area (Å²) < 4.78 is 12.7. The molecule has 1 aromatic heterocycles. The van der Waals surface area contributed by atoms with Gasteiger partial charge in [0.05, 0.1) is 12.3 Å². The Bertz CT molecular complexity index is 600. The fourth-order valence-electron chi connectivity index (χ4n) is 1.47. The Hall–Kier alpha value is -1.86. The second-order valence-electron chi connectivity index (χ2n) is 4.05. The Morgan fingerprint density at radius 3 is 2.62 bits per heavy atom. The molecule has 1 heterocycles. The molecule has 0 atom stereocenters. The van der Waals surface area contributed by atoms with Crippen molar-refractivity contribution >= 4 is 35.0 Å². The molecule has 0 saturated heterocycles. The first-order valence-corrected chi connectivity index (χ1v) is 7.98. The van der Waals surface area contributed by atoms with Gasteiger partial charge >= 0.3 is 6.03 Å². The molecule has 0 aliphatic heterocycles. The van der Waals surface area contributed by atoms with Gasteiger partial charge in [-0.2, -0.15) is 0 Å². The van der Waals surface area contributed by atoms with E-state index in [0.717, 1.165) is 9.77 Å². The van der Waals surface area contributed by atoms with E-state index >= 15 is 0 Å². The second kappa shape index (κ2) is 7.80. The number of amides is 3. The van der Waals surface area contributed by atoms with Gasteiger partial charge in [-0.25, -0.2) is 9.18 Å². The van der Waals surface area contributed by atoms with Crippen molar-refractivity contribution < 1.29 is 14.0 Å². The molecule has 2 aromatic rings. The lowest BCUT2D eigenvalue weighted by molar-refractivity contribution is -0.117. The first-order valence-electron chi connectivity index (χ1n) is 6.12. The molecule has 0 aliphatic carbocycles. The van der Waals surface area contributed by atoms with Crippen LogP contribution in [-0.4, -0.2) is 17.7 Å². The van der Waals surface area contributed by atoms with E-state index in [1.165, 1.54) is 35.2 Å². The predicted octanol–water partition coefficient (Wildman–Crippen LogP) is 3.01. The van der Waals surface area contributed by atoms with Crippen LogP contribution < -0.4 is 10.6 Å². The zero-order chi connectivity index (χ0) is 15.1. The van der Waals surface area contributed by atoms with Gasteiger partial charge in [0.2, 0.25) is 5.91 Å². The highest BCUT2D eigenvalue weighted by molar-refractivity contribution is 8.00. The number of urea groups is 1. The normalized spacial score (nSPS) is 10.1. The molecule has 1 aromatic carbocycles. The van der Waals surface area contributed by atoms with Crippen molar-refractivity contribution in [3.8, 4) is 0 Å². The smallest absolute Gasteiger partial charge is 0.321 e. The number of carbonyl (C=O) groups is 2. The van der Waals surface area contributed by atoms with Crippen LogP contribution in [0.1, 0.15) is 4.88 Å². The van der Waals surface area contributed by atoms with E-state index in [4.69, 9.17) is 0 Å². The van der Waals surface area contributed by atoms with Crippen LogP contribution in [0.4, 0.5) is 9.18 Å². The Labute approximate surface area is 129 Å². The van der Waals surface area contributed by atoms with Crippen molar-refractivity contribution in [1.82, 2.24) is 10.6 Å². The second-order valence-corrected chi connectivity index (χ2v) is 6.13. The van der Waals surface area contributed by atoms with Crippen LogP contribution in [0.3, 0.4) is 0 Å². The summed E-state index contributed by atoms with van der Waals surface area (Å²) >= 11 is 2.77. The van der Waals surface area contributed by atoms with Gasteiger partial charge in [-0.3, -0.25) is 10.1 Å². The third kappa shape index (κ3) is 5.57. The van der Waals surface area contributed by atoms with E-state index in [1.807, 2.05) is 17.5 Å². The molecule has 0 bridgehead atoms. The highest BCUT2D eigenvalue weighted by Gasteiger charge is 2.08. The van der Waals surface area contributed by atoms with Crippen molar-refractivity contribution in [2.24, 2.45) is 0 Å². The molecule has 0 unspecified atom stereocenters. The highest BCUT2D eigenvalue weighted by atomic mass is 32.2. The number of benzene rings is 1. The van der Waals surface area contributed by atoms with Crippen molar-refractivity contribution in [3.05, 3.63) is 52.5 Å². The third-order valence-corrected chi connectivity index (χ3v) is 4.33. The molecule has 0 fully saturated rings. The molecule has 110 valence electrons. The van der Waals surface area contributed by atoms with Gasteiger partial charge < -0.3 is 5.32 Å². The Kier molecular flexibility index (Phi) is 5.77. The molecule has 2 N–H and O–H groups in total. The number of halogens is 1. The minimum absolute atomic E-state index is 0.0953.